The molecule has 0 bridgehead atoms. The van der Waals surface area contributed by atoms with E-state index in [2.05, 4.69) is 14.7 Å². The van der Waals surface area contributed by atoms with E-state index in [0.29, 0.717) is 22.5 Å². The second kappa shape index (κ2) is 7.32. The second-order valence-corrected chi connectivity index (χ2v) is 7.53. The van der Waals surface area contributed by atoms with Gasteiger partial charge in [0.15, 0.2) is 5.43 Å². The molecule has 4 aromatic carbocycles. The Bertz CT molecular complexity index is 1570. The first kappa shape index (κ1) is 18.3. The van der Waals surface area contributed by atoms with E-state index in [1.165, 1.54) is 0 Å². The number of benzene rings is 4. The number of hydrogen-bond acceptors (Lipinski definition) is 4. The zero-order chi connectivity index (χ0) is 21.5. The fourth-order valence-electron chi connectivity index (χ4n) is 4.07. The zero-order valence-electron chi connectivity index (χ0n) is 17.0. The van der Waals surface area contributed by atoms with Gasteiger partial charge in [0, 0.05) is 27.6 Å². The summed E-state index contributed by atoms with van der Waals surface area (Å²) in [7, 11) is 0. The Morgan fingerprint density at radius 3 is 1.88 bits per heavy atom. The first-order chi connectivity index (χ1) is 15.8. The molecular weight excluding hydrogens is 398 g/mol. The van der Waals surface area contributed by atoms with Crippen LogP contribution in [0.1, 0.15) is 0 Å². The Labute approximate surface area is 183 Å². The maximum absolute atomic E-state index is 13.0. The second-order valence-electron chi connectivity index (χ2n) is 7.53. The average molecular weight is 415 g/mol. The van der Waals surface area contributed by atoms with Crippen LogP contribution in [-0.2, 0) is 0 Å². The van der Waals surface area contributed by atoms with Crippen molar-refractivity contribution in [2.75, 3.05) is 0 Å². The van der Waals surface area contributed by atoms with Crippen LogP contribution in [-0.4, -0.2) is 14.7 Å². The number of fused-ring (bicyclic) bond motifs is 2. The molecule has 0 spiro atoms. The minimum Gasteiger partial charge on any atom is -0.334 e. The number of para-hydroxylation sites is 2. The van der Waals surface area contributed by atoms with Crippen molar-refractivity contribution in [3.05, 3.63) is 113 Å². The van der Waals surface area contributed by atoms with Crippen molar-refractivity contribution in [3.8, 4) is 28.5 Å². The van der Waals surface area contributed by atoms with Crippen LogP contribution in [0, 0.1) is 0 Å². The molecule has 32 heavy (non-hydrogen) atoms. The molecule has 0 N–H and O–H groups in total. The minimum atomic E-state index is 0.0457. The molecule has 0 radical (unpaired) electrons. The van der Waals surface area contributed by atoms with Crippen molar-refractivity contribution in [1.29, 1.82) is 0 Å². The fraction of sp³-hybridized carbons (Fsp3) is 0. The van der Waals surface area contributed by atoms with Crippen molar-refractivity contribution in [2.45, 2.75) is 0 Å². The molecule has 5 nitrogen and oxygen atoms in total. The van der Waals surface area contributed by atoms with Crippen LogP contribution in [0.2, 0.25) is 0 Å². The molecule has 0 aliphatic carbocycles. The standard InChI is InChI=1S/C27H17N3O2/c31-25-21-10-4-6-12-23(21)30(24-13-7-5-11-22(24)25)20-16-14-18(15-17-20)26-28-27(32-29-26)19-8-2-1-3-9-19/h1-17H. The first-order valence-electron chi connectivity index (χ1n) is 10.3. The molecule has 0 aliphatic rings. The highest BCUT2D eigenvalue weighted by Crippen LogP contribution is 2.27. The van der Waals surface area contributed by atoms with Gasteiger partial charge in [0.1, 0.15) is 0 Å². The van der Waals surface area contributed by atoms with Crippen LogP contribution < -0.4 is 5.43 Å². The lowest BCUT2D eigenvalue weighted by Crippen LogP contribution is -2.10. The number of rotatable bonds is 3. The van der Waals surface area contributed by atoms with Gasteiger partial charge in [0.05, 0.1) is 11.0 Å². The van der Waals surface area contributed by atoms with Gasteiger partial charge in [0.25, 0.3) is 5.89 Å². The lowest BCUT2D eigenvalue weighted by atomic mass is 10.1. The largest absolute Gasteiger partial charge is 0.334 e. The molecule has 0 unspecified atom stereocenters. The predicted octanol–water partition coefficient (Wildman–Crippen LogP) is 5.86. The molecule has 5 heteroatoms. The van der Waals surface area contributed by atoms with Gasteiger partial charge in [-0.1, -0.05) is 47.6 Å². The van der Waals surface area contributed by atoms with Crippen molar-refractivity contribution in [3.63, 3.8) is 0 Å². The summed E-state index contributed by atoms with van der Waals surface area (Å²) in [6.45, 7) is 0. The van der Waals surface area contributed by atoms with Gasteiger partial charge in [-0.3, -0.25) is 4.79 Å². The summed E-state index contributed by atoms with van der Waals surface area (Å²) in [5.74, 6) is 1.02. The molecule has 0 saturated carbocycles. The summed E-state index contributed by atoms with van der Waals surface area (Å²) >= 11 is 0. The molecule has 2 aromatic heterocycles. The Balaban J connectivity index is 1.48. The van der Waals surface area contributed by atoms with Crippen LogP contribution in [0.5, 0.6) is 0 Å². The van der Waals surface area contributed by atoms with Crippen molar-refractivity contribution in [2.24, 2.45) is 0 Å². The van der Waals surface area contributed by atoms with Crippen LogP contribution in [0.3, 0.4) is 0 Å². The van der Waals surface area contributed by atoms with Crippen molar-refractivity contribution in [1.82, 2.24) is 14.7 Å². The fourth-order valence-corrected chi connectivity index (χ4v) is 4.07. The molecule has 0 fully saturated rings. The third-order valence-corrected chi connectivity index (χ3v) is 5.61. The lowest BCUT2D eigenvalue weighted by molar-refractivity contribution is 0.432. The molecule has 6 rings (SSSR count). The highest BCUT2D eigenvalue weighted by molar-refractivity contribution is 5.95. The van der Waals surface area contributed by atoms with Gasteiger partial charge in [-0.05, 0) is 60.7 Å². The van der Waals surface area contributed by atoms with Crippen LogP contribution in [0.15, 0.2) is 112 Å². The molecule has 152 valence electrons. The molecular formula is C27H17N3O2. The lowest BCUT2D eigenvalue weighted by Gasteiger charge is -2.15. The maximum Gasteiger partial charge on any atom is 0.258 e. The molecule has 6 aromatic rings. The van der Waals surface area contributed by atoms with Crippen molar-refractivity contribution < 1.29 is 4.52 Å². The van der Waals surface area contributed by atoms with Crippen LogP contribution >= 0.6 is 0 Å². The van der Waals surface area contributed by atoms with E-state index in [9.17, 15) is 4.79 Å². The van der Waals surface area contributed by atoms with Gasteiger partial charge in [0.2, 0.25) is 5.82 Å². The van der Waals surface area contributed by atoms with E-state index in [4.69, 9.17) is 4.52 Å². The van der Waals surface area contributed by atoms with E-state index in [-0.39, 0.29) is 5.43 Å². The summed E-state index contributed by atoms with van der Waals surface area (Å²) in [6, 6.07) is 33.0. The number of aromatic nitrogens is 3. The van der Waals surface area contributed by atoms with Gasteiger partial charge >= 0.3 is 0 Å². The summed E-state index contributed by atoms with van der Waals surface area (Å²) in [6.07, 6.45) is 0. The highest BCUT2D eigenvalue weighted by atomic mass is 16.5. The molecule has 0 atom stereocenters. The molecule has 0 aliphatic heterocycles. The van der Waals surface area contributed by atoms with Gasteiger partial charge in [-0.2, -0.15) is 4.98 Å². The van der Waals surface area contributed by atoms with Gasteiger partial charge in [-0.25, -0.2) is 0 Å². The smallest absolute Gasteiger partial charge is 0.258 e. The van der Waals surface area contributed by atoms with E-state index < -0.39 is 0 Å². The van der Waals surface area contributed by atoms with Crippen molar-refractivity contribution >= 4 is 21.8 Å². The minimum absolute atomic E-state index is 0.0457. The van der Waals surface area contributed by atoms with Crippen LogP contribution in [0.25, 0.3) is 50.3 Å². The van der Waals surface area contributed by atoms with Gasteiger partial charge in [-0.15, -0.1) is 0 Å². The zero-order valence-corrected chi connectivity index (χ0v) is 17.0. The topological polar surface area (TPSA) is 60.9 Å². The number of hydrogen-bond donors (Lipinski definition) is 0. The Kier molecular flexibility index (Phi) is 4.18. The average Bonchev–Trinajstić information content (AvgIpc) is 3.36. The summed E-state index contributed by atoms with van der Waals surface area (Å²) in [5, 5.41) is 5.53. The predicted molar refractivity (Wildman–Crippen MR) is 126 cm³/mol. The molecule has 0 amide bonds. The quantitative estimate of drug-likeness (QED) is 0.340. The summed E-state index contributed by atoms with van der Waals surface area (Å²) < 4.78 is 7.56. The van der Waals surface area contributed by atoms with Crippen LogP contribution in [0.4, 0.5) is 0 Å². The maximum atomic E-state index is 13.0. The Morgan fingerprint density at radius 2 is 1.22 bits per heavy atom. The van der Waals surface area contributed by atoms with E-state index in [1.807, 2.05) is 103 Å². The Morgan fingerprint density at radius 1 is 0.625 bits per heavy atom. The monoisotopic (exact) mass is 415 g/mol. The van der Waals surface area contributed by atoms with E-state index >= 15 is 0 Å². The third-order valence-electron chi connectivity index (χ3n) is 5.61. The normalized spacial score (nSPS) is 11.2. The number of nitrogens with zero attached hydrogens (tertiary/aromatic N) is 3. The first-order valence-corrected chi connectivity index (χ1v) is 10.3. The highest BCUT2D eigenvalue weighted by Gasteiger charge is 2.13. The van der Waals surface area contributed by atoms with E-state index in [0.717, 1.165) is 27.8 Å². The van der Waals surface area contributed by atoms with E-state index in [1.54, 1.807) is 0 Å². The summed E-state index contributed by atoms with van der Waals surface area (Å²) in [4.78, 5) is 17.5. The molecule has 2 heterocycles. The van der Waals surface area contributed by atoms with Gasteiger partial charge < -0.3 is 9.09 Å². The summed E-state index contributed by atoms with van der Waals surface area (Å²) in [5.41, 5.74) is 4.48. The Hall–Kier alpha value is -4.51. The number of pyridine rings is 1. The SMILES string of the molecule is O=c1c2ccccc2n(-c2ccc(-c3noc(-c4ccccc4)n3)cc2)c2ccccc12. The third kappa shape index (κ3) is 2.91. The molecule has 0 saturated heterocycles.